The molecule has 15 heavy (non-hydrogen) atoms. The minimum Gasteiger partial charge on any atom is -0.228 e. The molecule has 2 nitrogen and oxygen atoms in total. The van der Waals surface area contributed by atoms with Gasteiger partial charge in [0.1, 0.15) is 0 Å². The van der Waals surface area contributed by atoms with Crippen LogP contribution in [0, 0.1) is 0 Å². The van der Waals surface area contributed by atoms with Gasteiger partial charge in [0.2, 0.25) is 0 Å². The van der Waals surface area contributed by atoms with Gasteiger partial charge in [-0.25, -0.2) is 8.42 Å². The number of thioether (sulfide) groups is 1. The molecule has 1 aliphatic heterocycles. The van der Waals surface area contributed by atoms with Crippen molar-refractivity contribution in [3.8, 4) is 0 Å². The summed E-state index contributed by atoms with van der Waals surface area (Å²) >= 11 is 6.18. The van der Waals surface area contributed by atoms with Crippen molar-refractivity contribution in [2.45, 2.75) is 48.9 Å². The average Bonchev–Trinajstić information content (AvgIpc) is 2.27. The van der Waals surface area contributed by atoms with E-state index in [1.54, 1.807) is 32.5 Å². The number of sulfone groups is 1. The molecule has 2 unspecified atom stereocenters. The summed E-state index contributed by atoms with van der Waals surface area (Å²) in [5.41, 5.74) is 0. The topological polar surface area (TPSA) is 34.1 Å². The highest BCUT2D eigenvalue weighted by Crippen LogP contribution is 2.30. The van der Waals surface area contributed by atoms with Gasteiger partial charge in [0.05, 0.1) is 10.00 Å². The molecular formula is C10H20O2S3. The van der Waals surface area contributed by atoms with Gasteiger partial charge in [-0.1, -0.05) is 0 Å². The van der Waals surface area contributed by atoms with E-state index in [1.807, 2.05) is 0 Å². The lowest BCUT2D eigenvalue weighted by molar-refractivity contribution is 0.542. The second kappa shape index (κ2) is 4.88. The van der Waals surface area contributed by atoms with Gasteiger partial charge in [-0.2, -0.15) is 24.4 Å². The lowest BCUT2D eigenvalue weighted by Gasteiger charge is -2.26. The molecule has 2 atom stereocenters. The quantitative estimate of drug-likeness (QED) is 0.742. The standard InChI is InChI=1S/C10H20O2S3/c1-10(2,3)15(11,12)9-6-8(13)4-5-14-7-9/h8-9,13H,4-7H2,1-3H3. The molecule has 1 saturated heterocycles. The molecule has 0 saturated carbocycles. The summed E-state index contributed by atoms with van der Waals surface area (Å²) < 4.78 is 23.9. The summed E-state index contributed by atoms with van der Waals surface area (Å²) in [5.74, 6) is 1.76. The monoisotopic (exact) mass is 268 g/mol. The molecule has 0 aromatic rings. The van der Waals surface area contributed by atoms with Gasteiger partial charge in [0.25, 0.3) is 0 Å². The molecule has 1 aliphatic rings. The zero-order chi connectivity index (χ0) is 11.7. The van der Waals surface area contributed by atoms with Gasteiger partial charge >= 0.3 is 0 Å². The van der Waals surface area contributed by atoms with Gasteiger partial charge < -0.3 is 0 Å². The Balaban J connectivity index is 2.86. The van der Waals surface area contributed by atoms with Crippen LogP contribution in [0.15, 0.2) is 0 Å². The zero-order valence-electron chi connectivity index (χ0n) is 9.56. The summed E-state index contributed by atoms with van der Waals surface area (Å²) in [6.45, 7) is 5.35. The molecule has 0 aromatic heterocycles. The lowest BCUT2D eigenvalue weighted by Crippen LogP contribution is -2.39. The van der Waals surface area contributed by atoms with Crippen LogP contribution in [0.25, 0.3) is 0 Å². The lowest BCUT2D eigenvalue weighted by atomic mass is 10.2. The van der Waals surface area contributed by atoms with Crippen LogP contribution < -0.4 is 0 Å². The van der Waals surface area contributed by atoms with Crippen molar-refractivity contribution in [3.05, 3.63) is 0 Å². The Hall–Kier alpha value is 0.650. The van der Waals surface area contributed by atoms with E-state index in [0.29, 0.717) is 6.42 Å². The molecule has 0 amide bonds. The molecule has 0 N–H and O–H groups in total. The summed E-state index contributed by atoms with van der Waals surface area (Å²) in [6, 6.07) is 0. The third kappa shape index (κ3) is 3.30. The molecule has 5 heteroatoms. The first-order chi connectivity index (χ1) is 6.75. The first kappa shape index (κ1) is 13.7. The maximum Gasteiger partial charge on any atom is 0.158 e. The van der Waals surface area contributed by atoms with E-state index in [2.05, 4.69) is 12.6 Å². The molecular weight excluding hydrogens is 248 g/mol. The molecule has 0 bridgehead atoms. The van der Waals surface area contributed by atoms with Crippen LogP contribution in [-0.4, -0.2) is 35.2 Å². The van der Waals surface area contributed by atoms with Crippen LogP contribution in [-0.2, 0) is 9.84 Å². The molecule has 0 spiro atoms. The van der Waals surface area contributed by atoms with E-state index in [4.69, 9.17) is 0 Å². The van der Waals surface area contributed by atoms with E-state index in [0.717, 1.165) is 17.9 Å². The Morgan fingerprint density at radius 3 is 2.47 bits per heavy atom. The van der Waals surface area contributed by atoms with Gasteiger partial charge in [0.15, 0.2) is 9.84 Å². The Morgan fingerprint density at radius 1 is 1.33 bits per heavy atom. The highest BCUT2D eigenvalue weighted by molar-refractivity contribution is 8.01. The summed E-state index contributed by atoms with van der Waals surface area (Å²) in [5, 5.41) is 0.0228. The molecule has 0 aliphatic carbocycles. The number of hydrogen-bond acceptors (Lipinski definition) is 4. The fourth-order valence-electron chi connectivity index (χ4n) is 1.64. The number of rotatable bonds is 1. The summed E-state index contributed by atoms with van der Waals surface area (Å²) in [7, 11) is -3.03. The Bertz CT molecular complexity index is 303. The normalized spacial score (nSPS) is 29.9. The van der Waals surface area contributed by atoms with Gasteiger partial charge in [-0.15, -0.1) is 0 Å². The van der Waals surface area contributed by atoms with E-state index in [9.17, 15) is 8.42 Å². The minimum absolute atomic E-state index is 0.215. The van der Waals surface area contributed by atoms with Crippen molar-refractivity contribution in [2.75, 3.05) is 11.5 Å². The van der Waals surface area contributed by atoms with E-state index >= 15 is 0 Å². The molecule has 0 radical (unpaired) electrons. The molecule has 1 heterocycles. The predicted octanol–water partition coefficient (Wildman–Crippen LogP) is 2.39. The van der Waals surface area contributed by atoms with E-state index < -0.39 is 14.6 Å². The van der Waals surface area contributed by atoms with E-state index in [-0.39, 0.29) is 10.5 Å². The smallest absolute Gasteiger partial charge is 0.158 e. The van der Waals surface area contributed by atoms with Crippen molar-refractivity contribution in [2.24, 2.45) is 0 Å². The summed E-state index contributed by atoms with van der Waals surface area (Å²) in [6.07, 6.45) is 1.72. The minimum atomic E-state index is -3.03. The van der Waals surface area contributed by atoms with Crippen LogP contribution in [0.2, 0.25) is 0 Å². The maximum atomic E-state index is 12.3. The fourth-order valence-corrected chi connectivity index (χ4v) is 5.85. The van der Waals surface area contributed by atoms with Crippen LogP contribution in [0.1, 0.15) is 33.6 Å². The summed E-state index contributed by atoms with van der Waals surface area (Å²) in [4.78, 5) is 0. The zero-order valence-corrected chi connectivity index (χ0v) is 12.1. The molecule has 1 rings (SSSR count). The first-order valence-corrected chi connectivity index (χ1v) is 8.46. The predicted molar refractivity (Wildman–Crippen MR) is 71.8 cm³/mol. The van der Waals surface area contributed by atoms with Crippen molar-refractivity contribution in [3.63, 3.8) is 0 Å². The van der Waals surface area contributed by atoms with Crippen molar-refractivity contribution in [1.29, 1.82) is 0 Å². The third-order valence-electron chi connectivity index (χ3n) is 2.73. The first-order valence-electron chi connectivity index (χ1n) is 5.24. The second-order valence-corrected chi connectivity index (χ2v) is 9.89. The molecule has 0 aromatic carbocycles. The van der Waals surface area contributed by atoms with Crippen molar-refractivity contribution >= 4 is 34.2 Å². The Morgan fingerprint density at radius 2 is 1.93 bits per heavy atom. The van der Waals surface area contributed by atoms with E-state index in [1.165, 1.54) is 0 Å². The maximum absolute atomic E-state index is 12.3. The van der Waals surface area contributed by atoms with Crippen LogP contribution in [0.3, 0.4) is 0 Å². The average molecular weight is 268 g/mol. The second-order valence-electron chi connectivity index (χ2n) is 5.03. The van der Waals surface area contributed by atoms with Crippen molar-refractivity contribution < 1.29 is 8.42 Å². The van der Waals surface area contributed by atoms with Crippen LogP contribution >= 0.6 is 24.4 Å². The van der Waals surface area contributed by atoms with Crippen LogP contribution in [0.4, 0.5) is 0 Å². The van der Waals surface area contributed by atoms with Gasteiger partial charge in [0, 0.05) is 11.0 Å². The Labute approximate surface area is 103 Å². The fraction of sp³-hybridized carbons (Fsp3) is 1.00. The molecule has 1 fully saturated rings. The number of hydrogen-bond donors (Lipinski definition) is 1. The molecule has 90 valence electrons. The van der Waals surface area contributed by atoms with Crippen molar-refractivity contribution in [1.82, 2.24) is 0 Å². The van der Waals surface area contributed by atoms with Gasteiger partial charge in [-0.3, -0.25) is 0 Å². The SMILES string of the molecule is CC(C)(C)S(=O)(=O)C1CSCCC(S)C1. The third-order valence-corrected chi connectivity index (χ3v) is 7.51. The largest absolute Gasteiger partial charge is 0.228 e. The van der Waals surface area contributed by atoms with Gasteiger partial charge in [-0.05, 0) is 39.4 Å². The number of thiol groups is 1. The van der Waals surface area contributed by atoms with Crippen LogP contribution in [0.5, 0.6) is 0 Å². The highest BCUT2D eigenvalue weighted by Gasteiger charge is 2.38. The Kier molecular flexibility index (Phi) is 4.46. The highest BCUT2D eigenvalue weighted by atomic mass is 32.2.